The Morgan fingerprint density at radius 1 is 0.812 bits per heavy atom. The summed E-state index contributed by atoms with van der Waals surface area (Å²) in [6.45, 7) is 9.85. The monoisotopic (exact) mass is 232 g/mol. The third kappa shape index (κ3) is 4.59. The van der Waals surface area contributed by atoms with E-state index in [9.17, 15) is 9.59 Å². The number of carbonyl (C=O) groups is 2. The van der Waals surface area contributed by atoms with E-state index in [1.807, 2.05) is 27.7 Å². The third-order valence-corrected chi connectivity index (χ3v) is 2.46. The maximum absolute atomic E-state index is 10.7. The lowest BCUT2D eigenvalue weighted by molar-refractivity contribution is -0.165. The fraction of sp³-hybridized carbons (Fsp3) is 0.800. The molecule has 0 aromatic carbocycles. The molecule has 2 N–H and O–H groups in total. The zero-order valence-electron chi connectivity index (χ0n) is 10.6. The summed E-state index contributed by atoms with van der Waals surface area (Å²) in [4.78, 5) is 30.8. The quantitative estimate of drug-likeness (QED) is 0.679. The number of rotatable bonds is 5. The van der Waals surface area contributed by atoms with Gasteiger partial charge < -0.3 is 9.68 Å². The van der Waals surface area contributed by atoms with Gasteiger partial charge in [-0.05, 0) is 27.7 Å². The lowest BCUT2D eigenvalue weighted by Gasteiger charge is -2.40. The van der Waals surface area contributed by atoms with E-state index < -0.39 is 23.0 Å². The Morgan fingerprint density at radius 3 is 1.25 bits per heavy atom. The van der Waals surface area contributed by atoms with Crippen LogP contribution in [-0.2, 0) is 19.3 Å². The molecule has 6 nitrogen and oxygen atoms in total. The molecule has 0 aliphatic carbocycles. The number of carbonyl (C=O) groups excluding carboxylic acids is 2. The number of hydroxylamine groups is 2. The zero-order chi connectivity index (χ0) is 13.0. The van der Waals surface area contributed by atoms with Crippen molar-refractivity contribution in [1.29, 1.82) is 0 Å². The van der Waals surface area contributed by atoms with Gasteiger partial charge in [0.15, 0.2) is 0 Å². The summed E-state index contributed by atoms with van der Waals surface area (Å²) >= 11 is 0. The van der Waals surface area contributed by atoms with E-state index in [-0.39, 0.29) is 0 Å². The van der Waals surface area contributed by atoms with Gasteiger partial charge in [-0.1, -0.05) is 0 Å². The lowest BCUT2D eigenvalue weighted by Crippen LogP contribution is -2.63. The van der Waals surface area contributed by atoms with Crippen LogP contribution in [0.4, 0.5) is 0 Å². The van der Waals surface area contributed by atoms with E-state index in [0.29, 0.717) is 0 Å². The van der Waals surface area contributed by atoms with Gasteiger partial charge in [0.05, 0.1) is 11.1 Å². The first-order valence-corrected chi connectivity index (χ1v) is 4.97. The molecule has 0 atom stereocenters. The highest BCUT2D eigenvalue weighted by molar-refractivity contribution is 5.66. The molecule has 0 rings (SSSR count). The van der Waals surface area contributed by atoms with Crippen molar-refractivity contribution in [2.24, 2.45) is 0 Å². The first-order chi connectivity index (χ1) is 7.08. The molecule has 0 unspecified atom stereocenters. The molecule has 0 bridgehead atoms. The van der Waals surface area contributed by atoms with Crippen molar-refractivity contribution in [3.8, 4) is 0 Å². The predicted octanol–water partition coefficient (Wildman–Crippen LogP) is 0.679. The van der Waals surface area contributed by atoms with E-state index in [4.69, 9.17) is 9.68 Å². The Labute approximate surface area is 95.6 Å². The van der Waals surface area contributed by atoms with E-state index in [2.05, 4.69) is 11.0 Å². The second-order valence-corrected chi connectivity index (χ2v) is 4.64. The molecular formula is C10H20N2O4. The molecular weight excluding hydrogens is 212 g/mol. The summed E-state index contributed by atoms with van der Waals surface area (Å²) in [5, 5.41) is 0. The lowest BCUT2D eigenvalue weighted by atomic mass is 9.84. The maximum atomic E-state index is 10.7. The first kappa shape index (κ1) is 14.9. The average molecular weight is 232 g/mol. The Balaban J connectivity index is 4.44. The van der Waals surface area contributed by atoms with Crippen LogP contribution in [0, 0.1) is 0 Å². The van der Waals surface area contributed by atoms with Crippen molar-refractivity contribution in [1.82, 2.24) is 11.0 Å². The largest absolute Gasteiger partial charge is 0.370 e. The molecule has 0 saturated heterocycles. The van der Waals surface area contributed by atoms with Gasteiger partial charge in [-0.25, -0.2) is 0 Å². The van der Waals surface area contributed by atoms with Gasteiger partial charge in [-0.2, -0.15) is 0 Å². The SMILES string of the molecule is CC(=O)ONC(C)(C)C(C)(C)NOC(C)=O. The van der Waals surface area contributed by atoms with E-state index in [0.717, 1.165) is 0 Å². The average Bonchev–Trinajstić information content (AvgIpc) is 2.11. The summed E-state index contributed by atoms with van der Waals surface area (Å²) < 4.78 is 0. The molecule has 0 fully saturated rings. The smallest absolute Gasteiger partial charge is 0.321 e. The first-order valence-electron chi connectivity index (χ1n) is 4.97. The molecule has 94 valence electrons. The summed E-state index contributed by atoms with van der Waals surface area (Å²) in [7, 11) is 0. The fourth-order valence-corrected chi connectivity index (χ4v) is 0.654. The van der Waals surface area contributed by atoms with Crippen LogP contribution in [0.1, 0.15) is 41.5 Å². The number of nitrogens with one attached hydrogen (secondary N) is 2. The summed E-state index contributed by atoms with van der Waals surface area (Å²) in [5.41, 5.74) is 4.00. The predicted molar refractivity (Wildman–Crippen MR) is 58.0 cm³/mol. The Hall–Kier alpha value is -1.14. The minimum Gasteiger partial charge on any atom is -0.370 e. The molecule has 0 aromatic rings. The van der Waals surface area contributed by atoms with Crippen molar-refractivity contribution in [2.75, 3.05) is 0 Å². The number of hydrogen-bond acceptors (Lipinski definition) is 6. The zero-order valence-corrected chi connectivity index (χ0v) is 10.6. The number of hydrogen-bond donors (Lipinski definition) is 2. The molecule has 6 heteroatoms. The second-order valence-electron chi connectivity index (χ2n) is 4.64. The second kappa shape index (κ2) is 5.27. The molecule has 0 aromatic heterocycles. The van der Waals surface area contributed by atoms with Crippen molar-refractivity contribution >= 4 is 11.9 Å². The standard InChI is InChI=1S/C10H20N2O4/c1-7(13)15-11-9(3,4)10(5,6)12-16-8(2)14/h11-12H,1-6H3. The van der Waals surface area contributed by atoms with Crippen molar-refractivity contribution in [2.45, 2.75) is 52.6 Å². The van der Waals surface area contributed by atoms with Crippen LogP contribution in [0.25, 0.3) is 0 Å². The minimum atomic E-state index is -0.617. The van der Waals surface area contributed by atoms with Gasteiger partial charge in [-0.3, -0.25) is 9.59 Å². The van der Waals surface area contributed by atoms with Crippen LogP contribution in [0.5, 0.6) is 0 Å². The normalized spacial score (nSPS) is 12.1. The van der Waals surface area contributed by atoms with Crippen molar-refractivity contribution in [3.63, 3.8) is 0 Å². The minimum absolute atomic E-state index is 0.434. The highest BCUT2D eigenvalue weighted by Gasteiger charge is 2.39. The Kier molecular flexibility index (Phi) is 4.89. The van der Waals surface area contributed by atoms with Gasteiger partial charge in [0.2, 0.25) is 0 Å². The van der Waals surface area contributed by atoms with Crippen molar-refractivity contribution < 1.29 is 19.3 Å². The van der Waals surface area contributed by atoms with Gasteiger partial charge in [0.1, 0.15) is 0 Å². The van der Waals surface area contributed by atoms with Crippen LogP contribution in [0.15, 0.2) is 0 Å². The summed E-state index contributed by atoms with van der Waals surface area (Å²) in [5.74, 6) is -0.868. The molecule has 16 heavy (non-hydrogen) atoms. The van der Waals surface area contributed by atoms with Crippen molar-refractivity contribution in [3.05, 3.63) is 0 Å². The van der Waals surface area contributed by atoms with E-state index >= 15 is 0 Å². The van der Waals surface area contributed by atoms with Gasteiger partial charge in [0.25, 0.3) is 0 Å². The highest BCUT2D eigenvalue weighted by atomic mass is 16.7. The fourth-order valence-electron chi connectivity index (χ4n) is 0.654. The van der Waals surface area contributed by atoms with E-state index in [1.165, 1.54) is 13.8 Å². The summed E-state index contributed by atoms with van der Waals surface area (Å²) in [6, 6.07) is 0. The van der Waals surface area contributed by atoms with E-state index in [1.54, 1.807) is 0 Å². The molecule has 0 heterocycles. The summed E-state index contributed by atoms with van der Waals surface area (Å²) in [6.07, 6.45) is 0. The highest BCUT2D eigenvalue weighted by Crippen LogP contribution is 2.21. The van der Waals surface area contributed by atoms with Crippen LogP contribution in [-0.4, -0.2) is 23.0 Å². The van der Waals surface area contributed by atoms with Gasteiger partial charge in [-0.15, -0.1) is 11.0 Å². The Bertz CT molecular complexity index is 246. The van der Waals surface area contributed by atoms with Crippen LogP contribution < -0.4 is 11.0 Å². The molecule has 0 aliphatic heterocycles. The Morgan fingerprint density at radius 2 is 1.06 bits per heavy atom. The molecule has 0 saturated carbocycles. The van der Waals surface area contributed by atoms with Gasteiger partial charge in [0, 0.05) is 13.8 Å². The third-order valence-electron chi connectivity index (χ3n) is 2.46. The van der Waals surface area contributed by atoms with Gasteiger partial charge >= 0.3 is 11.9 Å². The molecule has 0 amide bonds. The van der Waals surface area contributed by atoms with Crippen LogP contribution in [0.2, 0.25) is 0 Å². The van der Waals surface area contributed by atoms with Crippen LogP contribution in [0.3, 0.4) is 0 Å². The maximum Gasteiger partial charge on any atom is 0.321 e. The topological polar surface area (TPSA) is 76.7 Å². The molecule has 0 aliphatic rings. The molecule has 0 spiro atoms. The van der Waals surface area contributed by atoms with Crippen LogP contribution >= 0.6 is 0 Å². The molecule has 0 radical (unpaired) electrons.